The first-order valence-corrected chi connectivity index (χ1v) is 6.03. The summed E-state index contributed by atoms with van der Waals surface area (Å²) < 4.78 is 10.3. The minimum Gasteiger partial charge on any atom is -0.480 e. The third kappa shape index (κ3) is 2.56. The lowest BCUT2D eigenvalue weighted by molar-refractivity contribution is -0.147. The minimum atomic E-state index is -1.03. The van der Waals surface area contributed by atoms with E-state index in [2.05, 4.69) is 0 Å². The Kier molecular flexibility index (Phi) is 4.03. The molecule has 1 N–H and O–H groups in total. The number of urea groups is 1. The van der Waals surface area contributed by atoms with Gasteiger partial charge in [-0.2, -0.15) is 0 Å². The largest absolute Gasteiger partial charge is 0.480 e. The molecule has 102 valence electrons. The molecular weight excluding hydrogens is 240 g/mol. The Morgan fingerprint density at radius 2 is 2.00 bits per heavy atom. The van der Waals surface area contributed by atoms with Gasteiger partial charge in [-0.05, 0) is 6.42 Å². The molecule has 2 unspecified atom stereocenters. The van der Waals surface area contributed by atoms with Gasteiger partial charge < -0.3 is 24.4 Å². The van der Waals surface area contributed by atoms with Crippen molar-refractivity contribution in [2.24, 2.45) is 0 Å². The summed E-state index contributed by atoms with van der Waals surface area (Å²) >= 11 is 0. The highest BCUT2D eigenvalue weighted by molar-refractivity contribution is 5.83. The second-order valence-corrected chi connectivity index (χ2v) is 4.53. The van der Waals surface area contributed by atoms with E-state index in [0.717, 1.165) is 6.42 Å². The van der Waals surface area contributed by atoms with Gasteiger partial charge in [-0.15, -0.1) is 0 Å². The summed E-state index contributed by atoms with van der Waals surface area (Å²) in [6.45, 7) is 1.91. The van der Waals surface area contributed by atoms with E-state index in [1.165, 1.54) is 4.90 Å². The van der Waals surface area contributed by atoms with Crippen molar-refractivity contribution in [2.45, 2.75) is 18.5 Å². The van der Waals surface area contributed by atoms with Crippen molar-refractivity contribution in [3.05, 3.63) is 0 Å². The van der Waals surface area contributed by atoms with E-state index < -0.39 is 12.0 Å². The van der Waals surface area contributed by atoms with Gasteiger partial charge >= 0.3 is 12.0 Å². The number of carboxylic acids is 1. The van der Waals surface area contributed by atoms with Gasteiger partial charge in [0.2, 0.25) is 0 Å². The van der Waals surface area contributed by atoms with Crippen molar-refractivity contribution < 1.29 is 24.2 Å². The van der Waals surface area contributed by atoms with Gasteiger partial charge in [0.25, 0.3) is 0 Å². The molecule has 18 heavy (non-hydrogen) atoms. The number of hydrogen-bond donors (Lipinski definition) is 1. The molecule has 2 heterocycles. The van der Waals surface area contributed by atoms with Crippen LogP contribution in [0.5, 0.6) is 0 Å². The van der Waals surface area contributed by atoms with Gasteiger partial charge in [0.05, 0.1) is 25.9 Å². The first-order chi connectivity index (χ1) is 8.61. The van der Waals surface area contributed by atoms with Gasteiger partial charge in [0.1, 0.15) is 0 Å². The molecule has 2 fully saturated rings. The standard InChI is InChI=1S/C11H18N2O5/c1-12(8-2-4-17-6-8)11(16)13-3-5-18-7-9(13)10(14)15/h8-9H,2-7H2,1H3,(H,14,15). The van der Waals surface area contributed by atoms with Crippen LogP contribution in [0.4, 0.5) is 4.79 Å². The first-order valence-electron chi connectivity index (χ1n) is 6.03. The fourth-order valence-electron chi connectivity index (χ4n) is 2.22. The number of carboxylic acid groups (broad SMARTS) is 1. The zero-order chi connectivity index (χ0) is 13.1. The molecule has 0 aromatic rings. The predicted molar refractivity (Wildman–Crippen MR) is 61.3 cm³/mol. The molecule has 2 amide bonds. The molecule has 0 radical (unpaired) electrons. The lowest BCUT2D eigenvalue weighted by Crippen LogP contribution is -2.57. The lowest BCUT2D eigenvalue weighted by atomic mass is 10.2. The third-order valence-corrected chi connectivity index (χ3v) is 3.41. The van der Waals surface area contributed by atoms with Gasteiger partial charge in [-0.25, -0.2) is 9.59 Å². The minimum absolute atomic E-state index is 0.0368. The molecule has 0 aromatic heterocycles. The average Bonchev–Trinajstić information content (AvgIpc) is 2.90. The monoisotopic (exact) mass is 258 g/mol. The topological polar surface area (TPSA) is 79.3 Å². The van der Waals surface area contributed by atoms with Crippen molar-refractivity contribution >= 4 is 12.0 Å². The van der Waals surface area contributed by atoms with E-state index in [0.29, 0.717) is 26.4 Å². The van der Waals surface area contributed by atoms with E-state index in [1.54, 1.807) is 11.9 Å². The SMILES string of the molecule is CN(C(=O)N1CCOCC1C(=O)O)C1CCOC1. The Morgan fingerprint density at radius 1 is 1.28 bits per heavy atom. The first kappa shape index (κ1) is 13.1. The number of hydrogen-bond acceptors (Lipinski definition) is 4. The number of likely N-dealkylation sites (N-methyl/N-ethyl adjacent to an activating group) is 1. The summed E-state index contributed by atoms with van der Waals surface area (Å²) in [6.07, 6.45) is 0.796. The Bertz CT molecular complexity index is 329. The van der Waals surface area contributed by atoms with E-state index >= 15 is 0 Å². The second-order valence-electron chi connectivity index (χ2n) is 4.53. The van der Waals surface area contributed by atoms with Gasteiger partial charge in [-0.1, -0.05) is 0 Å². The molecule has 7 nitrogen and oxygen atoms in total. The molecule has 2 atom stereocenters. The molecule has 0 bridgehead atoms. The van der Waals surface area contributed by atoms with Crippen LogP contribution < -0.4 is 0 Å². The number of nitrogens with zero attached hydrogens (tertiary/aromatic N) is 2. The third-order valence-electron chi connectivity index (χ3n) is 3.41. The number of carbonyl (C=O) groups is 2. The number of amides is 2. The molecule has 2 aliphatic rings. The van der Waals surface area contributed by atoms with Crippen molar-refractivity contribution in [1.29, 1.82) is 0 Å². The van der Waals surface area contributed by atoms with Crippen molar-refractivity contribution in [1.82, 2.24) is 9.80 Å². The quantitative estimate of drug-likeness (QED) is 0.730. The Hall–Kier alpha value is -1.34. The Labute approximate surface area is 105 Å². The van der Waals surface area contributed by atoms with Crippen LogP contribution >= 0.6 is 0 Å². The summed E-state index contributed by atoms with van der Waals surface area (Å²) in [5.41, 5.74) is 0. The normalized spacial score (nSPS) is 28.2. The molecule has 0 saturated carbocycles. The van der Waals surface area contributed by atoms with Gasteiger partial charge in [0, 0.05) is 20.2 Å². The highest BCUT2D eigenvalue weighted by Crippen LogP contribution is 2.16. The molecule has 0 spiro atoms. The maximum absolute atomic E-state index is 12.3. The summed E-state index contributed by atoms with van der Waals surface area (Å²) in [6, 6.07) is -1.12. The summed E-state index contributed by atoms with van der Waals surface area (Å²) in [5.74, 6) is -1.03. The zero-order valence-electron chi connectivity index (χ0n) is 10.4. The number of morpholine rings is 1. The molecular formula is C11H18N2O5. The highest BCUT2D eigenvalue weighted by atomic mass is 16.5. The zero-order valence-corrected chi connectivity index (χ0v) is 10.4. The van der Waals surface area contributed by atoms with Gasteiger partial charge in [-0.3, -0.25) is 0 Å². The van der Waals surface area contributed by atoms with Crippen LogP contribution in [0.1, 0.15) is 6.42 Å². The lowest BCUT2D eigenvalue weighted by Gasteiger charge is -2.37. The smallest absolute Gasteiger partial charge is 0.328 e. The van der Waals surface area contributed by atoms with Crippen LogP contribution in [0.2, 0.25) is 0 Å². The van der Waals surface area contributed by atoms with E-state index in [4.69, 9.17) is 14.6 Å². The van der Waals surface area contributed by atoms with E-state index in [9.17, 15) is 9.59 Å². The maximum atomic E-state index is 12.3. The molecule has 7 heteroatoms. The van der Waals surface area contributed by atoms with Crippen molar-refractivity contribution in [3.8, 4) is 0 Å². The predicted octanol–water partition coefficient (Wildman–Crippen LogP) is -0.387. The molecule has 0 aromatic carbocycles. The number of rotatable bonds is 2. The fourth-order valence-corrected chi connectivity index (χ4v) is 2.22. The molecule has 2 aliphatic heterocycles. The highest BCUT2D eigenvalue weighted by Gasteiger charge is 2.36. The summed E-state index contributed by atoms with van der Waals surface area (Å²) in [5, 5.41) is 9.09. The van der Waals surface area contributed by atoms with Crippen molar-refractivity contribution in [2.75, 3.05) is 40.0 Å². The van der Waals surface area contributed by atoms with Crippen LogP contribution in [0.15, 0.2) is 0 Å². The Morgan fingerprint density at radius 3 is 2.61 bits per heavy atom. The fraction of sp³-hybridized carbons (Fsp3) is 0.818. The molecule has 2 saturated heterocycles. The summed E-state index contributed by atoms with van der Waals surface area (Å²) in [4.78, 5) is 26.3. The van der Waals surface area contributed by atoms with E-state index in [-0.39, 0.29) is 18.7 Å². The summed E-state index contributed by atoms with van der Waals surface area (Å²) in [7, 11) is 1.69. The van der Waals surface area contributed by atoms with Crippen LogP contribution in [-0.2, 0) is 14.3 Å². The number of aliphatic carboxylic acids is 1. The second kappa shape index (κ2) is 5.53. The molecule has 2 rings (SSSR count). The number of carbonyl (C=O) groups excluding carboxylic acids is 1. The molecule has 0 aliphatic carbocycles. The van der Waals surface area contributed by atoms with Crippen LogP contribution in [-0.4, -0.2) is 79.0 Å². The van der Waals surface area contributed by atoms with Crippen LogP contribution in [0, 0.1) is 0 Å². The average molecular weight is 258 g/mol. The van der Waals surface area contributed by atoms with Gasteiger partial charge in [0.15, 0.2) is 6.04 Å². The maximum Gasteiger partial charge on any atom is 0.328 e. The van der Waals surface area contributed by atoms with E-state index in [1.807, 2.05) is 0 Å². The van der Waals surface area contributed by atoms with Crippen LogP contribution in [0.3, 0.4) is 0 Å². The Balaban J connectivity index is 2.03. The van der Waals surface area contributed by atoms with Crippen molar-refractivity contribution in [3.63, 3.8) is 0 Å². The van der Waals surface area contributed by atoms with Crippen LogP contribution in [0.25, 0.3) is 0 Å². The number of ether oxygens (including phenoxy) is 2.